The van der Waals surface area contributed by atoms with Gasteiger partial charge in [0.25, 0.3) is 0 Å². The second-order valence-electron chi connectivity index (χ2n) is 6.87. The van der Waals surface area contributed by atoms with Gasteiger partial charge in [-0.2, -0.15) is 0 Å². The van der Waals surface area contributed by atoms with E-state index in [1.807, 2.05) is 66.1 Å². The SMILES string of the molecule is CCOc1ccc(-n2c(SCC(=O)Nc3cccc(Cl)c3Cl)nnc2-c2ccccc2)cc1. The third-order valence-electron chi connectivity index (χ3n) is 4.63. The van der Waals surface area contributed by atoms with Crippen molar-refractivity contribution in [1.82, 2.24) is 14.8 Å². The van der Waals surface area contributed by atoms with Gasteiger partial charge in [0.15, 0.2) is 11.0 Å². The first-order valence-corrected chi connectivity index (χ1v) is 11.9. The van der Waals surface area contributed by atoms with Crippen LogP contribution in [0.2, 0.25) is 10.0 Å². The summed E-state index contributed by atoms with van der Waals surface area (Å²) in [7, 11) is 0. The number of hydrogen-bond donors (Lipinski definition) is 1. The summed E-state index contributed by atoms with van der Waals surface area (Å²) < 4.78 is 7.48. The number of halogens is 2. The molecule has 0 spiro atoms. The maximum absolute atomic E-state index is 12.6. The lowest BCUT2D eigenvalue weighted by Gasteiger charge is -2.12. The molecular weight excluding hydrogens is 479 g/mol. The fourth-order valence-corrected chi connectivity index (χ4v) is 4.24. The fourth-order valence-electron chi connectivity index (χ4n) is 3.15. The number of rotatable bonds is 8. The predicted molar refractivity (Wildman–Crippen MR) is 134 cm³/mol. The third kappa shape index (κ3) is 5.50. The van der Waals surface area contributed by atoms with Crippen LogP contribution in [-0.2, 0) is 4.79 Å². The van der Waals surface area contributed by atoms with Gasteiger partial charge in [-0.15, -0.1) is 10.2 Å². The molecule has 1 aromatic heterocycles. The average Bonchev–Trinajstić information content (AvgIpc) is 3.26. The van der Waals surface area contributed by atoms with Gasteiger partial charge in [0.2, 0.25) is 5.91 Å². The van der Waals surface area contributed by atoms with Crippen LogP contribution in [0.25, 0.3) is 17.1 Å². The first kappa shape index (κ1) is 23.2. The molecule has 1 N–H and O–H groups in total. The molecule has 9 heteroatoms. The molecule has 6 nitrogen and oxygen atoms in total. The molecule has 0 aliphatic heterocycles. The molecule has 0 saturated heterocycles. The molecule has 0 unspecified atom stereocenters. The summed E-state index contributed by atoms with van der Waals surface area (Å²) in [6.07, 6.45) is 0. The Morgan fingerprint density at radius 2 is 1.76 bits per heavy atom. The summed E-state index contributed by atoms with van der Waals surface area (Å²) in [5.41, 5.74) is 2.25. The molecule has 0 aliphatic rings. The number of aromatic nitrogens is 3. The number of hydrogen-bond acceptors (Lipinski definition) is 5. The van der Waals surface area contributed by atoms with E-state index >= 15 is 0 Å². The lowest BCUT2D eigenvalue weighted by Crippen LogP contribution is -2.15. The molecular formula is C24H20Cl2N4O2S. The van der Waals surface area contributed by atoms with Crippen LogP contribution in [0.4, 0.5) is 5.69 Å². The lowest BCUT2D eigenvalue weighted by molar-refractivity contribution is -0.113. The van der Waals surface area contributed by atoms with Crippen LogP contribution in [-0.4, -0.2) is 33.0 Å². The Morgan fingerprint density at radius 1 is 1.00 bits per heavy atom. The van der Waals surface area contributed by atoms with Gasteiger partial charge in [0, 0.05) is 11.3 Å². The topological polar surface area (TPSA) is 69.0 Å². The Bertz CT molecular complexity index is 1250. The lowest BCUT2D eigenvalue weighted by atomic mass is 10.2. The molecule has 3 aromatic carbocycles. The highest BCUT2D eigenvalue weighted by molar-refractivity contribution is 7.99. The Morgan fingerprint density at radius 3 is 2.48 bits per heavy atom. The van der Waals surface area contributed by atoms with Crippen molar-refractivity contribution in [3.8, 4) is 22.8 Å². The summed E-state index contributed by atoms with van der Waals surface area (Å²) in [5, 5.41) is 12.8. The largest absolute Gasteiger partial charge is 0.494 e. The van der Waals surface area contributed by atoms with Crippen molar-refractivity contribution in [2.45, 2.75) is 12.1 Å². The first-order valence-electron chi connectivity index (χ1n) is 10.2. The highest BCUT2D eigenvalue weighted by Gasteiger charge is 2.18. The monoisotopic (exact) mass is 498 g/mol. The maximum Gasteiger partial charge on any atom is 0.234 e. The highest BCUT2D eigenvalue weighted by atomic mass is 35.5. The molecule has 0 fully saturated rings. The van der Waals surface area contributed by atoms with Gasteiger partial charge in [-0.25, -0.2) is 0 Å². The number of carbonyl (C=O) groups is 1. The standard InChI is InChI=1S/C24H20Cl2N4O2S/c1-2-32-18-13-11-17(12-14-18)30-23(16-7-4-3-5-8-16)28-29-24(30)33-15-21(31)27-20-10-6-9-19(25)22(20)26/h3-14H,2,15H2,1H3,(H,27,31). The van der Waals surface area contributed by atoms with Gasteiger partial charge in [-0.1, -0.05) is 71.4 Å². The molecule has 168 valence electrons. The van der Waals surface area contributed by atoms with Crippen LogP contribution in [0.1, 0.15) is 6.92 Å². The first-order chi connectivity index (χ1) is 16.1. The zero-order valence-corrected chi connectivity index (χ0v) is 20.0. The summed E-state index contributed by atoms with van der Waals surface area (Å²) in [6.45, 7) is 2.53. The molecule has 0 saturated carbocycles. The van der Waals surface area contributed by atoms with E-state index in [1.165, 1.54) is 11.8 Å². The minimum Gasteiger partial charge on any atom is -0.494 e. The number of carbonyl (C=O) groups excluding carboxylic acids is 1. The van der Waals surface area contributed by atoms with Crippen LogP contribution in [0, 0.1) is 0 Å². The van der Waals surface area contributed by atoms with Crippen LogP contribution < -0.4 is 10.1 Å². The van der Waals surface area contributed by atoms with E-state index in [-0.39, 0.29) is 11.7 Å². The van der Waals surface area contributed by atoms with Crippen molar-refractivity contribution < 1.29 is 9.53 Å². The molecule has 0 aliphatic carbocycles. The second kappa shape index (κ2) is 10.7. The van der Waals surface area contributed by atoms with Crippen molar-refractivity contribution in [2.24, 2.45) is 0 Å². The molecule has 1 amide bonds. The van der Waals surface area contributed by atoms with Crippen molar-refractivity contribution in [2.75, 3.05) is 17.7 Å². The molecule has 33 heavy (non-hydrogen) atoms. The molecule has 1 heterocycles. The Labute approximate surface area is 205 Å². The maximum atomic E-state index is 12.6. The number of benzene rings is 3. The van der Waals surface area contributed by atoms with Gasteiger partial charge in [-0.3, -0.25) is 9.36 Å². The van der Waals surface area contributed by atoms with Crippen LogP contribution in [0.5, 0.6) is 5.75 Å². The third-order valence-corrected chi connectivity index (χ3v) is 6.38. The molecule has 0 bridgehead atoms. The summed E-state index contributed by atoms with van der Waals surface area (Å²) in [5.74, 6) is 1.35. The molecule has 4 aromatic rings. The van der Waals surface area contributed by atoms with E-state index in [0.29, 0.717) is 33.3 Å². The van der Waals surface area contributed by atoms with Crippen LogP contribution >= 0.6 is 35.0 Å². The van der Waals surface area contributed by atoms with E-state index in [0.717, 1.165) is 17.0 Å². The summed E-state index contributed by atoms with van der Waals surface area (Å²) in [4.78, 5) is 12.6. The number of nitrogens with one attached hydrogen (secondary N) is 1. The molecule has 0 atom stereocenters. The van der Waals surface area contributed by atoms with Gasteiger partial charge in [-0.05, 0) is 43.3 Å². The zero-order valence-electron chi connectivity index (χ0n) is 17.7. The molecule has 4 rings (SSSR count). The van der Waals surface area contributed by atoms with E-state index in [2.05, 4.69) is 15.5 Å². The highest BCUT2D eigenvalue weighted by Crippen LogP contribution is 2.31. The fraction of sp³-hybridized carbons (Fsp3) is 0.125. The number of ether oxygens (including phenoxy) is 1. The summed E-state index contributed by atoms with van der Waals surface area (Å²) in [6, 6.07) is 22.6. The zero-order chi connectivity index (χ0) is 23.2. The average molecular weight is 499 g/mol. The number of thioether (sulfide) groups is 1. The van der Waals surface area contributed by atoms with Crippen LogP contribution in [0.3, 0.4) is 0 Å². The number of amides is 1. The smallest absolute Gasteiger partial charge is 0.234 e. The summed E-state index contributed by atoms with van der Waals surface area (Å²) >= 11 is 13.5. The Hall–Kier alpha value is -3.00. The minimum absolute atomic E-state index is 0.118. The number of anilines is 1. The second-order valence-corrected chi connectivity index (χ2v) is 8.60. The Kier molecular flexibility index (Phi) is 7.54. The van der Waals surface area contributed by atoms with Gasteiger partial charge in [0.05, 0.1) is 28.1 Å². The van der Waals surface area contributed by atoms with Gasteiger partial charge in [0.1, 0.15) is 5.75 Å². The predicted octanol–water partition coefficient (Wildman–Crippen LogP) is 6.37. The normalized spacial score (nSPS) is 10.8. The van der Waals surface area contributed by atoms with Gasteiger partial charge < -0.3 is 10.1 Å². The number of nitrogens with zero attached hydrogens (tertiary/aromatic N) is 3. The van der Waals surface area contributed by atoms with Crippen molar-refractivity contribution in [1.29, 1.82) is 0 Å². The van der Waals surface area contributed by atoms with E-state index in [9.17, 15) is 4.79 Å². The van der Waals surface area contributed by atoms with Crippen molar-refractivity contribution in [3.05, 3.63) is 82.8 Å². The van der Waals surface area contributed by atoms with E-state index < -0.39 is 0 Å². The minimum atomic E-state index is -0.230. The van der Waals surface area contributed by atoms with Crippen molar-refractivity contribution in [3.63, 3.8) is 0 Å². The molecule has 0 radical (unpaired) electrons. The van der Waals surface area contributed by atoms with Crippen molar-refractivity contribution >= 4 is 46.6 Å². The van der Waals surface area contributed by atoms with Crippen LogP contribution in [0.15, 0.2) is 78.0 Å². The quantitative estimate of drug-likeness (QED) is 0.285. The van der Waals surface area contributed by atoms with Gasteiger partial charge >= 0.3 is 0 Å². The van der Waals surface area contributed by atoms with E-state index in [4.69, 9.17) is 27.9 Å². The Balaban J connectivity index is 1.59. The van der Waals surface area contributed by atoms with E-state index in [1.54, 1.807) is 18.2 Å².